The molecule has 0 aliphatic carbocycles. The van der Waals surface area contributed by atoms with Crippen molar-refractivity contribution in [3.63, 3.8) is 0 Å². The fourth-order valence-electron chi connectivity index (χ4n) is 3.16. The van der Waals surface area contributed by atoms with Crippen molar-refractivity contribution in [2.24, 2.45) is 0 Å². The Bertz CT molecular complexity index is 1140. The van der Waals surface area contributed by atoms with Crippen LogP contribution >= 0.6 is 0 Å². The monoisotopic (exact) mass is 389 g/mol. The van der Waals surface area contributed by atoms with Gasteiger partial charge >= 0.3 is 5.97 Å². The van der Waals surface area contributed by atoms with E-state index in [2.05, 4.69) is 15.2 Å². The van der Waals surface area contributed by atoms with Gasteiger partial charge in [-0.3, -0.25) is 0 Å². The molecule has 0 unspecified atom stereocenters. The Hall–Kier alpha value is -3.74. The molecular weight excluding hydrogens is 370 g/mol. The lowest BCUT2D eigenvalue weighted by atomic mass is 10.0. The van der Waals surface area contributed by atoms with Gasteiger partial charge in [-0.05, 0) is 49.7 Å². The number of aryl methyl sites for hydroxylation is 1. The minimum Gasteiger partial charge on any atom is -0.487 e. The van der Waals surface area contributed by atoms with E-state index in [1.165, 1.54) is 6.39 Å². The van der Waals surface area contributed by atoms with Crippen molar-refractivity contribution in [2.45, 2.75) is 20.5 Å². The fourth-order valence-corrected chi connectivity index (χ4v) is 3.16. The molecule has 0 amide bonds. The van der Waals surface area contributed by atoms with Crippen LogP contribution < -0.4 is 4.74 Å². The summed E-state index contributed by atoms with van der Waals surface area (Å²) in [7, 11) is 0. The van der Waals surface area contributed by atoms with Gasteiger partial charge in [0, 0.05) is 10.9 Å². The van der Waals surface area contributed by atoms with E-state index in [0.29, 0.717) is 29.5 Å². The lowest BCUT2D eigenvalue weighted by molar-refractivity contribution is 0.0522. The van der Waals surface area contributed by atoms with Crippen LogP contribution in [0.25, 0.3) is 22.4 Å². The zero-order chi connectivity index (χ0) is 20.2. The molecule has 0 atom stereocenters. The molecule has 0 spiro atoms. The molecule has 0 aliphatic heterocycles. The molecular formula is C22H19N3O4. The molecule has 0 aliphatic rings. The number of rotatable bonds is 6. The maximum atomic E-state index is 12.6. The first-order chi connectivity index (χ1) is 14.2. The highest BCUT2D eigenvalue weighted by atomic mass is 16.5. The second-order valence-electron chi connectivity index (χ2n) is 6.35. The molecule has 4 aromatic rings. The van der Waals surface area contributed by atoms with Crippen LogP contribution in [0.3, 0.4) is 0 Å². The number of pyridine rings is 1. The van der Waals surface area contributed by atoms with E-state index in [0.717, 1.165) is 22.0 Å². The number of carbonyl (C=O) groups excluding carboxylic acids is 1. The Kier molecular flexibility index (Phi) is 5.20. The van der Waals surface area contributed by atoms with Crippen LogP contribution in [0.2, 0.25) is 0 Å². The van der Waals surface area contributed by atoms with E-state index in [1.807, 2.05) is 43.3 Å². The van der Waals surface area contributed by atoms with Crippen LogP contribution in [0.5, 0.6) is 5.75 Å². The molecule has 0 saturated heterocycles. The highest BCUT2D eigenvalue weighted by molar-refractivity contribution is 5.98. The van der Waals surface area contributed by atoms with E-state index in [4.69, 9.17) is 13.9 Å². The van der Waals surface area contributed by atoms with E-state index < -0.39 is 5.97 Å². The van der Waals surface area contributed by atoms with Crippen LogP contribution in [-0.2, 0) is 11.3 Å². The van der Waals surface area contributed by atoms with Crippen LogP contribution in [0.4, 0.5) is 0 Å². The average Bonchev–Trinajstić information content (AvgIpc) is 3.28. The molecule has 0 N–H and O–H groups in total. The topological polar surface area (TPSA) is 87.3 Å². The molecule has 7 nitrogen and oxygen atoms in total. The van der Waals surface area contributed by atoms with Crippen molar-refractivity contribution >= 4 is 16.9 Å². The fraction of sp³-hybridized carbons (Fsp3) is 0.182. The first-order valence-electron chi connectivity index (χ1n) is 9.22. The average molecular weight is 389 g/mol. The third-order valence-corrected chi connectivity index (χ3v) is 4.54. The van der Waals surface area contributed by atoms with Crippen LogP contribution in [0, 0.1) is 6.92 Å². The van der Waals surface area contributed by atoms with Gasteiger partial charge in [0.25, 0.3) is 0 Å². The van der Waals surface area contributed by atoms with Crippen molar-refractivity contribution in [3.8, 4) is 17.2 Å². The number of ether oxygens (including phenoxy) is 2. The SMILES string of the molecule is CCOC(=O)c1c(COc2ccc(-c3nnco3)cc2)nc2ccccc2c1C. The van der Waals surface area contributed by atoms with Crippen molar-refractivity contribution < 1.29 is 18.7 Å². The summed E-state index contributed by atoms with van der Waals surface area (Å²) in [4.78, 5) is 17.2. The van der Waals surface area contributed by atoms with Gasteiger partial charge < -0.3 is 13.9 Å². The van der Waals surface area contributed by atoms with Crippen LogP contribution in [-0.4, -0.2) is 27.8 Å². The normalized spacial score (nSPS) is 10.8. The maximum Gasteiger partial charge on any atom is 0.340 e. The van der Waals surface area contributed by atoms with E-state index in [-0.39, 0.29) is 6.61 Å². The summed E-state index contributed by atoms with van der Waals surface area (Å²) >= 11 is 0. The molecule has 29 heavy (non-hydrogen) atoms. The number of benzene rings is 2. The lowest BCUT2D eigenvalue weighted by Crippen LogP contribution is -2.14. The number of hydrogen-bond donors (Lipinski definition) is 0. The molecule has 4 rings (SSSR count). The molecule has 0 bridgehead atoms. The Morgan fingerprint density at radius 1 is 1.10 bits per heavy atom. The van der Waals surface area contributed by atoms with Crippen LogP contribution in [0.1, 0.15) is 28.5 Å². The summed E-state index contributed by atoms with van der Waals surface area (Å²) in [6, 6.07) is 15.0. The predicted octanol–water partition coefficient (Wildman–Crippen LogP) is 4.35. The first kappa shape index (κ1) is 18.6. The van der Waals surface area contributed by atoms with Gasteiger partial charge in [0.05, 0.1) is 23.4 Å². The molecule has 2 aromatic carbocycles. The number of fused-ring (bicyclic) bond motifs is 1. The second kappa shape index (κ2) is 8.10. The number of esters is 1. The number of nitrogens with zero attached hydrogens (tertiary/aromatic N) is 3. The minimum atomic E-state index is -0.395. The van der Waals surface area contributed by atoms with Crippen molar-refractivity contribution in [1.29, 1.82) is 0 Å². The van der Waals surface area contributed by atoms with Gasteiger partial charge in [0.2, 0.25) is 12.3 Å². The highest BCUT2D eigenvalue weighted by Gasteiger charge is 2.20. The summed E-state index contributed by atoms with van der Waals surface area (Å²) in [5.74, 6) is 0.678. The quantitative estimate of drug-likeness (QED) is 0.453. The molecule has 2 aromatic heterocycles. The number of aromatic nitrogens is 3. The van der Waals surface area contributed by atoms with Gasteiger partial charge in [-0.25, -0.2) is 9.78 Å². The Balaban J connectivity index is 1.63. The van der Waals surface area contributed by atoms with Crippen LogP contribution in [0.15, 0.2) is 59.3 Å². The maximum absolute atomic E-state index is 12.6. The molecule has 2 heterocycles. The minimum absolute atomic E-state index is 0.139. The van der Waals surface area contributed by atoms with Crippen molar-refractivity contribution in [1.82, 2.24) is 15.2 Å². The summed E-state index contributed by atoms with van der Waals surface area (Å²) in [5, 5.41) is 8.47. The Labute approximate surface area is 167 Å². The number of para-hydroxylation sites is 1. The largest absolute Gasteiger partial charge is 0.487 e. The summed E-state index contributed by atoms with van der Waals surface area (Å²) in [6.07, 6.45) is 1.28. The molecule has 0 fully saturated rings. The summed E-state index contributed by atoms with van der Waals surface area (Å²) in [5.41, 5.74) is 3.43. The molecule has 0 radical (unpaired) electrons. The summed E-state index contributed by atoms with van der Waals surface area (Å²) < 4.78 is 16.3. The lowest BCUT2D eigenvalue weighted by Gasteiger charge is -2.14. The number of carbonyl (C=O) groups is 1. The number of hydrogen-bond acceptors (Lipinski definition) is 7. The first-order valence-corrected chi connectivity index (χ1v) is 9.22. The van der Waals surface area contributed by atoms with Gasteiger partial charge in [0.15, 0.2) is 0 Å². The smallest absolute Gasteiger partial charge is 0.340 e. The standard InChI is InChI=1S/C22H19N3O4/c1-3-27-22(26)20-14(2)17-6-4-5-7-18(17)24-19(20)12-28-16-10-8-15(9-11-16)21-25-23-13-29-21/h4-11,13H,3,12H2,1-2H3. The second-order valence-corrected chi connectivity index (χ2v) is 6.35. The van der Waals surface area contributed by atoms with Gasteiger partial charge in [0.1, 0.15) is 12.4 Å². The molecule has 146 valence electrons. The summed E-state index contributed by atoms with van der Waals surface area (Å²) in [6.45, 7) is 4.12. The van der Waals surface area contributed by atoms with E-state index in [9.17, 15) is 4.79 Å². The zero-order valence-corrected chi connectivity index (χ0v) is 16.1. The Morgan fingerprint density at radius 2 is 1.90 bits per heavy atom. The molecule has 0 saturated carbocycles. The van der Waals surface area contributed by atoms with Gasteiger partial charge in [-0.15, -0.1) is 10.2 Å². The van der Waals surface area contributed by atoms with Crippen molar-refractivity contribution in [2.75, 3.05) is 6.61 Å². The molecule has 7 heteroatoms. The van der Waals surface area contributed by atoms with Crippen molar-refractivity contribution in [3.05, 3.63) is 71.7 Å². The Morgan fingerprint density at radius 3 is 2.62 bits per heavy atom. The zero-order valence-electron chi connectivity index (χ0n) is 16.1. The third-order valence-electron chi connectivity index (χ3n) is 4.54. The van der Waals surface area contributed by atoms with E-state index >= 15 is 0 Å². The highest BCUT2D eigenvalue weighted by Crippen LogP contribution is 2.26. The van der Waals surface area contributed by atoms with E-state index in [1.54, 1.807) is 19.1 Å². The van der Waals surface area contributed by atoms with Gasteiger partial charge in [-0.1, -0.05) is 18.2 Å². The predicted molar refractivity (Wildman–Crippen MR) is 107 cm³/mol. The third kappa shape index (κ3) is 3.80. The van der Waals surface area contributed by atoms with Gasteiger partial charge in [-0.2, -0.15) is 0 Å².